The Hall–Kier alpha value is -1.44. The van der Waals surface area contributed by atoms with Crippen molar-refractivity contribution in [1.29, 1.82) is 0 Å². The van der Waals surface area contributed by atoms with Crippen LogP contribution in [0, 0.1) is 6.92 Å². The van der Waals surface area contributed by atoms with E-state index >= 15 is 0 Å². The first-order valence-corrected chi connectivity index (χ1v) is 7.95. The first-order chi connectivity index (χ1) is 9.48. The smallest absolute Gasteiger partial charge is 0.243 e. The Morgan fingerprint density at radius 1 is 1.15 bits per heavy atom. The van der Waals surface area contributed by atoms with Crippen LogP contribution in [0.25, 0.3) is 0 Å². The molecule has 0 aliphatic carbocycles. The van der Waals surface area contributed by atoms with Gasteiger partial charge in [-0.05, 0) is 31.2 Å². The zero-order valence-corrected chi connectivity index (χ0v) is 12.4. The van der Waals surface area contributed by atoms with Crippen LogP contribution in [0.3, 0.4) is 0 Å². The quantitative estimate of drug-likeness (QED) is 0.841. The monoisotopic (exact) mass is 312 g/mol. The molecule has 2 heterocycles. The van der Waals surface area contributed by atoms with Crippen LogP contribution in [0.4, 0.5) is 0 Å². The van der Waals surface area contributed by atoms with E-state index in [1.165, 1.54) is 16.4 Å². The summed E-state index contributed by atoms with van der Waals surface area (Å²) in [6, 6.07) is 6.18. The van der Waals surface area contributed by atoms with Crippen LogP contribution in [0.15, 0.2) is 29.2 Å². The van der Waals surface area contributed by atoms with Gasteiger partial charge in [0.1, 0.15) is 11.6 Å². The zero-order valence-electron chi connectivity index (χ0n) is 10.8. The second kappa shape index (κ2) is 4.83. The predicted octanol–water partition coefficient (Wildman–Crippen LogP) is 1.44. The predicted molar refractivity (Wildman–Crippen MR) is 73.8 cm³/mol. The average molecular weight is 313 g/mol. The zero-order chi connectivity index (χ0) is 14.3. The van der Waals surface area contributed by atoms with Gasteiger partial charge in [-0.2, -0.15) is 4.31 Å². The van der Waals surface area contributed by atoms with E-state index in [0.717, 1.165) is 5.82 Å². The number of rotatable bonds is 2. The van der Waals surface area contributed by atoms with Gasteiger partial charge in [-0.15, -0.1) is 10.2 Å². The number of sulfonamides is 1. The molecule has 1 aliphatic heterocycles. The highest BCUT2D eigenvalue weighted by atomic mass is 35.5. The Morgan fingerprint density at radius 3 is 2.55 bits per heavy atom. The Bertz CT molecular complexity index is 739. The van der Waals surface area contributed by atoms with Crippen molar-refractivity contribution in [2.45, 2.75) is 24.9 Å². The fourth-order valence-electron chi connectivity index (χ4n) is 2.24. The van der Waals surface area contributed by atoms with Crippen molar-refractivity contribution in [3.8, 4) is 0 Å². The summed E-state index contributed by atoms with van der Waals surface area (Å²) in [5, 5.41) is 8.50. The normalized spacial score (nSPS) is 16.1. The Labute approximate surface area is 122 Å². The molecule has 0 N–H and O–H groups in total. The fourth-order valence-corrected chi connectivity index (χ4v) is 3.75. The molecule has 1 aromatic carbocycles. The lowest BCUT2D eigenvalue weighted by Crippen LogP contribution is -2.38. The van der Waals surface area contributed by atoms with E-state index in [2.05, 4.69) is 10.2 Å². The van der Waals surface area contributed by atoms with Crippen molar-refractivity contribution in [2.24, 2.45) is 0 Å². The molecule has 0 amide bonds. The molecule has 0 fully saturated rings. The molecule has 1 aromatic heterocycles. The third-order valence-corrected chi connectivity index (χ3v) is 5.47. The standard InChI is InChI=1S/C12H13ClN4O2S/c1-9-14-15-12-8-16(6-7-17(9)12)20(18,19)11-4-2-10(13)3-5-11/h2-5H,6-8H2,1H3. The lowest BCUT2D eigenvalue weighted by molar-refractivity contribution is 0.333. The molecular weight excluding hydrogens is 300 g/mol. The van der Waals surface area contributed by atoms with E-state index in [-0.39, 0.29) is 11.4 Å². The maximum atomic E-state index is 12.5. The van der Waals surface area contributed by atoms with Crippen LogP contribution in [0.1, 0.15) is 11.6 Å². The molecule has 0 saturated carbocycles. The van der Waals surface area contributed by atoms with Gasteiger partial charge in [-0.1, -0.05) is 11.6 Å². The highest BCUT2D eigenvalue weighted by molar-refractivity contribution is 7.89. The van der Waals surface area contributed by atoms with Crippen LogP contribution in [0.5, 0.6) is 0 Å². The van der Waals surface area contributed by atoms with Crippen molar-refractivity contribution in [2.75, 3.05) is 6.54 Å². The van der Waals surface area contributed by atoms with Crippen LogP contribution < -0.4 is 0 Å². The van der Waals surface area contributed by atoms with Crippen molar-refractivity contribution in [3.63, 3.8) is 0 Å². The Kier molecular flexibility index (Phi) is 3.27. The number of fused-ring (bicyclic) bond motifs is 1. The van der Waals surface area contributed by atoms with E-state index < -0.39 is 10.0 Å². The molecule has 106 valence electrons. The summed E-state index contributed by atoms with van der Waals surface area (Å²) in [5.74, 6) is 1.48. The van der Waals surface area contributed by atoms with E-state index in [0.29, 0.717) is 23.9 Å². The molecule has 1 aliphatic rings. The third kappa shape index (κ3) is 2.21. The summed E-state index contributed by atoms with van der Waals surface area (Å²) in [5.41, 5.74) is 0. The number of hydrogen-bond acceptors (Lipinski definition) is 4. The molecule has 2 aromatic rings. The van der Waals surface area contributed by atoms with E-state index in [1.54, 1.807) is 12.1 Å². The highest BCUT2D eigenvalue weighted by Crippen LogP contribution is 2.22. The second-order valence-electron chi connectivity index (χ2n) is 4.61. The SMILES string of the molecule is Cc1nnc2n1CCN(S(=O)(=O)c1ccc(Cl)cc1)C2. The van der Waals surface area contributed by atoms with Gasteiger partial charge in [0.2, 0.25) is 10.0 Å². The first-order valence-electron chi connectivity index (χ1n) is 6.13. The molecule has 0 bridgehead atoms. The summed E-state index contributed by atoms with van der Waals surface area (Å²) in [6.07, 6.45) is 0. The molecule has 0 spiro atoms. The molecule has 0 atom stereocenters. The third-order valence-electron chi connectivity index (χ3n) is 3.35. The maximum Gasteiger partial charge on any atom is 0.243 e. The fraction of sp³-hybridized carbons (Fsp3) is 0.333. The number of halogens is 1. The minimum absolute atomic E-state index is 0.242. The number of aromatic nitrogens is 3. The van der Waals surface area contributed by atoms with Crippen molar-refractivity contribution in [1.82, 2.24) is 19.1 Å². The average Bonchev–Trinajstić information content (AvgIpc) is 2.80. The molecule has 0 unspecified atom stereocenters. The van der Waals surface area contributed by atoms with Gasteiger partial charge in [-0.25, -0.2) is 8.42 Å². The highest BCUT2D eigenvalue weighted by Gasteiger charge is 2.29. The number of nitrogens with zero attached hydrogens (tertiary/aromatic N) is 4. The summed E-state index contributed by atoms with van der Waals surface area (Å²) in [6.45, 7) is 3.09. The minimum Gasteiger partial charge on any atom is -0.313 e. The van der Waals surface area contributed by atoms with Gasteiger partial charge in [0.05, 0.1) is 11.4 Å². The number of benzene rings is 1. The first kappa shape index (κ1) is 13.5. The summed E-state index contributed by atoms with van der Waals surface area (Å²) in [7, 11) is -3.52. The Morgan fingerprint density at radius 2 is 1.85 bits per heavy atom. The summed E-state index contributed by atoms with van der Waals surface area (Å²) in [4.78, 5) is 0.242. The maximum absolute atomic E-state index is 12.5. The van der Waals surface area contributed by atoms with Crippen molar-refractivity contribution < 1.29 is 8.42 Å². The van der Waals surface area contributed by atoms with Gasteiger partial charge < -0.3 is 4.57 Å². The van der Waals surface area contributed by atoms with Gasteiger partial charge in [0.15, 0.2) is 0 Å². The van der Waals surface area contributed by atoms with Crippen LogP contribution in [-0.4, -0.2) is 34.0 Å². The molecular formula is C12H13ClN4O2S. The van der Waals surface area contributed by atoms with Crippen LogP contribution in [-0.2, 0) is 23.1 Å². The van der Waals surface area contributed by atoms with Gasteiger partial charge in [-0.3, -0.25) is 0 Å². The molecule has 0 radical (unpaired) electrons. The molecule has 6 nitrogen and oxygen atoms in total. The summed E-state index contributed by atoms with van der Waals surface area (Å²) >= 11 is 5.79. The lowest BCUT2D eigenvalue weighted by atomic mass is 10.4. The lowest BCUT2D eigenvalue weighted by Gasteiger charge is -2.26. The van der Waals surface area contributed by atoms with Crippen molar-refractivity contribution in [3.05, 3.63) is 40.9 Å². The largest absolute Gasteiger partial charge is 0.313 e. The molecule has 20 heavy (non-hydrogen) atoms. The van der Waals surface area contributed by atoms with Gasteiger partial charge >= 0.3 is 0 Å². The topological polar surface area (TPSA) is 68.1 Å². The van der Waals surface area contributed by atoms with E-state index in [4.69, 9.17) is 11.6 Å². The molecule has 3 rings (SSSR count). The number of hydrogen-bond donors (Lipinski definition) is 0. The second-order valence-corrected chi connectivity index (χ2v) is 6.98. The van der Waals surface area contributed by atoms with Crippen molar-refractivity contribution >= 4 is 21.6 Å². The molecule has 8 heteroatoms. The Balaban J connectivity index is 1.92. The summed E-state index contributed by atoms with van der Waals surface area (Å²) < 4.78 is 28.4. The van der Waals surface area contributed by atoms with E-state index in [9.17, 15) is 8.42 Å². The number of aryl methyl sites for hydroxylation is 1. The minimum atomic E-state index is -3.52. The van der Waals surface area contributed by atoms with Crippen LogP contribution in [0.2, 0.25) is 5.02 Å². The van der Waals surface area contributed by atoms with Gasteiger partial charge in [0.25, 0.3) is 0 Å². The van der Waals surface area contributed by atoms with Gasteiger partial charge in [0, 0.05) is 18.1 Å². The molecule has 0 saturated heterocycles. The van der Waals surface area contributed by atoms with E-state index in [1.807, 2.05) is 11.5 Å². The van der Waals surface area contributed by atoms with Crippen LogP contribution >= 0.6 is 11.6 Å².